The van der Waals surface area contributed by atoms with Crippen molar-refractivity contribution in [3.63, 3.8) is 0 Å². The van der Waals surface area contributed by atoms with E-state index in [2.05, 4.69) is 10.0 Å². The first kappa shape index (κ1) is 11.5. The van der Waals surface area contributed by atoms with Gasteiger partial charge in [-0.3, -0.25) is 0 Å². The third kappa shape index (κ3) is 3.99. The molecule has 0 spiro atoms. The molecule has 3 N–H and O–H groups in total. The number of hydrogen-bond acceptors (Lipinski definition) is 3. The Morgan fingerprint density at radius 2 is 2.07 bits per heavy atom. The van der Waals surface area contributed by atoms with Gasteiger partial charge in [-0.25, -0.2) is 0 Å². The van der Waals surface area contributed by atoms with E-state index < -0.39 is 12.1 Å². The van der Waals surface area contributed by atoms with Gasteiger partial charge >= 0.3 is 0 Å². The van der Waals surface area contributed by atoms with Crippen LogP contribution in [0.25, 0.3) is 10.4 Å². The zero-order valence-electron chi connectivity index (χ0n) is 8.32. The SMILES string of the molecule is [N-]=[N+]=NCC(O)C(N)Cc1ccccc1. The molecule has 1 rings (SSSR count). The van der Waals surface area contributed by atoms with Crippen LogP contribution in [0.2, 0.25) is 0 Å². The molecule has 0 aromatic heterocycles. The van der Waals surface area contributed by atoms with Crippen LogP contribution in [0.5, 0.6) is 0 Å². The molecule has 5 nitrogen and oxygen atoms in total. The monoisotopic (exact) mass is 206 g/mol. The molecule has 80 valence electrons. The molecule has 0 fully saturated rings. The van der Waals surface area contributed by atoms with Crippen LogP contribution in [0.3, 0.4) is 0 Å². The zero-order valence-corrected chi connectivity index (χ0v) is 8.32. The Kier molecular flexibility index (Phi) is 4.63. The first-order chi connectivity index (χ1) is 7.24. The summed E-state index contributed by atoms with van der Waals surface area (Å²) in [6, 6.07) is 9.24. The first-order valence-electron chi connectivity index (χ1n) is 4.72. The minimum atomic E-state index is -0.791. The van der Waals surface area contributed by atoms with E-state index in [1.54, 1.807) is 0 Å². The molecule has 0 heterocycles. The number of nitrogens with two attached hydrogens (primary N) is 1. The molecule has 2 unspecified atom stereocenters. The molecule has 1 aromatic rings. The van der Waals surface area contributed by atoms with E-state index in [4.69, 9.17) is 11.3 Å². The smallest absolute Gasteiger partial charge is 0.0750 e. The standard InChI is InChI=1S/C10H14N4O/c11-9(10(15)7-13-14-12)6-8-4-2-1-3-5-8/h1-5,9-10,15H,6-7,11H2. The lowest BCUT2D eigenvalue weighted by molar-refractivity contribution is 0.152. The molecule has 1 aromatic carbocycles. The van der Waals surface area contributed by atoms with E-state index in [1.165, 1.54) is 0 Å². The molecule has 15 heavy (non-hydrogen) atoms. The highest BCUT2D eigenvalue weighted by Gasteiger charge is 2.13. The van der Waals surface area contributed by atoms with Crippen molar-refractivity contribution in [3.8, 4) is 0 Å². The summed E-state index contributed by atoms with van der Waals surface area (Å²) < 4.78 is 0. The molecular weight excluding hydrogens is 192 g/mol. The molecule has 0 radical (unpaired) electrons. The minimum Gasteiger partial charge on any atom is -0.391 e. The van der Waals surface area contributed by atoms with Crippen molar-refractivity contribution in [2.75, 3.05) is 6.54 Å². The van der Waals surface area contributed by atoms with Gasteiger partial charge in [0.1, 0.15) is 0 Å². The van der Waals surface area contributed by atoms with Crippen LogP contribution in [0, 0.1) is 0 Å². The molecule has 0 aliphatic heterocycles. The number of benzene rings is 1. The molecule has 0 bridgehead atoms. The minimum absolute atomic E-state index is 0.0184. The Morgan fingerprint density at radius 1 is 1.40 bits per heavy atom. The summed E-state index contributed by atoms with van der Waals surface area (Å²) >= 11 is 0. The quantitative estimate of drug-likeness (QED) is 0.430. The van der Waals surface area contributed by atoms with Gasteiger partial charge in [-0.15, -0.1) is 0 Å². The lowest BCUT2D eigenvalue weighted by atomic mass is 10.0. The fourth-order valence-electron chi connectivity index (χ4n) is 1.28. The van der Waals surface area contributed by atoms with Gasteiger partial charge in [0.05, 0.1) is 12.6 Å². The average molecular weight is 206 g/mol. The predicted octanol–water partition coefficient (Wildman–Crippen LogP) is 1.23. The highest BCUT2D eigenvalue weighted by atomic mass is 16.3. The van der Waals surface area contributed by atoms with Gasteiger partial charge in [0, 0.05) is 11.0 Å². The average Bonchev–Trinajstić information content (AvgIpc) is 2.27. The van der Waals surface area contributed by atoms with Gasteiger partial charge in [0.2, 0.25) is 0 Å². The number of hydrogen-bond donors (Lipinski definition) is 2. The first-order valence-corrected chi connectivity index (χ1v) is 4.72. The second-order valence-electron chi connectivity index (χ2n) is 3.33. The maximum Gasteiger partial charge on any atom is 0.0750 e. The fraction of sp³-hybridized carbons (Fsp3) is 0.400. The van der Waals surface area contributed by atoms with Crippen molar-refractivity contribution in [2.45, 2.75) is 18.6 Å². The molecule has 2 atom stereocenters. The van der Waals surface area contributed by atoms with Crippen LogP contribution in [0.15, 0.2) is 35.4 Å². The summed E-state index contributed by atoms with van der Waals surface area (Å²) in [5, 5.41) is 12.8. The molecule has 0 aliphatic carbocycles. The van der Waals surface area contributed by atoms with Gasteiger partial charge < -0.3 is 10.8 Å². The van der Waals surface area contributed by atoms with E-state index in [9.17, 15) is 5.11 Å². The van der Waals surface area contributed by atoms with Crippen LogP contribution in [0.1, 0.15) is 5.56 Å². The highest BCUT2D eigenvalue weighted by Crippen LogP contribution is 2.04. The molecule has 0 saturated heterocycles. The maximum absolute atomic E-state index is 9.52. The normalized spacial score (nSPS) is 14.0. The molecule has 0 saturated carbocycles. The molecule has 5 heteroatoms. The summed E-state index contributed by atoms with van der Waals surface area (Å²) in [4.78, 5) is 2.57. The fourth-order valence-corrected chi connectivity index (χ4v) is 1.28. The zero-order chi connectivity index (χ0) is 11.1. The summed E-state index contributed by atoms with van der Waals surface area (Å²) in [7, 11) is 0. The third-order valence-electron chi connectivity index (χ3n) is 2.14. The number of azide groups is 1. The maximum atomic E-state index is 9.52. The van der Waals surface area contributed by atoms with Crippen molar-refractivity contribution in [2.24, 2.45) is 10.8 Å². The van der Waals surface area contributed by atoms with Gasteiger partial charge in [-0.05, 0) is 17.5 Å². The van der Waals surface area contributed by atoms with E-state index in [0.29, 0.717) is 6.42 Å². The van der Waals surface area contributed by atoms with Gasteiger partial charge in [-0.2, -0.15) is 0 Å². The highest BCUT2D eigenvalue weighted by molar-refractivity contribution is 5.16. The lowest BCUT2D eigenvalue weighted by Crippen LogP contribution is -2.38. The molecular formula is C10H14N4O. The largest absolute Gasteiger partial charge is 0.391 e. The third-order valence-corrected chi connectivity index (χ3v) is 2.14. The van der Waals surface area contributed by atoms with Crippen molar-refractivity contribution >= 4 is 0 Å². The topological polar surface area (TPSA) is 95.0 Å². The van der Waals surface area contributed by atoms with Crippen LogP contribution >= 0.6 is 0 Å². The van der Waals surface area contributed by atoms with Crippen molar-refractivity contribution < 1.29 is 5.11 Å². The van der Waals surface area contributed by atoms with Crippen LogP contribution in [-0.2, 0) is 6.42 Å². The molecule has 0 aliphatic rings. The number of aliphatic hydroxyl groups excluding tert-OH is 1. The number of aliphatic hydroxyl groups is 1. The van der Waals surface area contributed by atoms with E-state index in [0.717, 1.165) is 5.56 Å². The van der Waals surface area contributed by atoms with E-state index >= 15 is 0 Å². The van der Waals surface area contributed by atoms with Crippen molar-refractivity contribution in [1.29, 1.82) is 0 Å². The van der Waals surface area contributed by atoms with Crippen LogP contribution in [-0.4, -0.2) is 23.8 Å². The summed E-state index contributed by atoms with van der Waals surface area (Å²) in [5.74, 6) is 0. The lowest BCUT2D eigenvalue weighted by Gasteiger charge is -2.16. The van der Waals surface area contributed by atoms with E-state index in [-0.39, 0.29) is 6.54 Å². The second kappa shape index (κ2) is 6.03. The van der Waals surface area contributed by atoms with Crippen molar-refractivity contribution in [3.05, 3.63) is 46.3 Å². The predicted molar refractivity (Wildman–Crippen MR) is 58.1 cm³/mol. The van der Waals surface area contributed by atoms with Crippen molar-refractivity contribution in [1.82, 2.24) is 0 Å². The Hall–Kier alpha value is -1.55. The van der Waals surface area contributed by atoms with Gasteiger partial charge in [0.15, 0.2) is 0 Å². The second-order valence-corrected chi connectivity index (χ2v) is 3.33. The summed E-state index contributed by atoms with van der Waals surface area (Å²) in [5.41, 5.74) is 14.9. The summed E-state index contributed by atoms with van der Waals surface area (Å²) in [6.45, 7) is 0.0184. The Balaban J connectivity index is 2.48. The molecule has 0 amide bonds. The number of nitrogens with zero attached hydrogens (tertiary/aromatic N) is 3. The number of rotatable bonds is 5. The Labute approximate surface area is 88.2 Å². The van der Waals surface area contributed by atoms with Gasteiger partial charge in [-0.1, -0.05) is 35.4 Å². The Morgan fingerprint density at radius 3 is 2.67 bits per heavy atom. The summed E-state index contributed by atoms with van der Waals surface area (Å²) in [6.07, 6.45) is -0.218. The Bertz CT molecular complexity index is 335. The van der Waals surface area contributed by atoms with Crippen LogP contribution in [0.4, 0.5) is 0 Å². The van der Waals surface area contributed by atoms with E-state index in [1.807, 2.05) is 30.3 Å². The van der Waals surface area contributed by atoms with Gasteiger partial charge in [0.25, 0.3) is 0 Å². The van der Waals surface area contributed by atoms with Crippen LogP contribution < -0.4 is 5.73 Å².